The Kier molecular flexibility index (Phi) is 4.63. The molecule has 0 aromatic carbocycles. The van der Waals surface area contributed by atoms with Crippen LogP contribution in [-0.4, -0.2) is 34.3 Å². The maximum absolute atomic E-state index is 6.01. The molecule has 0 bridgehead atoms. The minimum absolute atomic E-state index is 0.330. The van der Waals surface area contributed by atoms with Crippen molar-refractivity contribution in [3.63, 3.8) is 0 Å². The van der Waals surface area contributed by atoms with Crippen LogP contribution >= 0.6 is 0 Å². The molecule has 108 valence electrons. The quantitative estimate of drug-likeness (QED) is 0.888. The fourth-order valence-electron chi connectivity index (χ4n) is 2.95. The van der Waals surface area contributed by atoms with E-state index in [1.165, 1.54) is 18.5 Å². The van der Waals surface area contributed by atoms with E-state index in [0.717, 1.165) is 18.4 Å². The molecule has 2 unspecified atom stereocenters. The van der Waals surface area contributed by atoms with Gasteiger partial charge in [-0.25, -0.2) is 0 Å². The standard InChI is InChI=1S/C15H28N4/c1-11(2)13-5-6-18(9-13)15(7-16)14-8-17-19(10-14)12(3)4/h8,10-13,15H,5-7,9,16H2,1-4H3. The van der Waals surface area contributed by atoms with Gasteiger partial charge in [-0.15, -0.1) is 0 Å². The molecule has 0 saturated carbocycles. The molecule has 1 saturated heterocycles. The number of rotatable bonds is 5. The average Bonchev–Trinajstić information content (AvgIpc) is 2.98. The summed E-state index contributed by atoms with van der Waals surface area (Å²) in [5.74, 6) is 1.58. The van der Waals surface area contributed by atoms with E-state index in [1.54, 1.807) is 0 Å². The molecule has 2 atom stereocenters. The van der Waals surface area contributed by atoms with Gasteiger partial charge in [-0.05, 0) is 38.6 Å². The first-order chi connectivity index (χ1) is 9.02. The highest BCUT2D eigenvalue weighted by Gasteiger charge is 2.30. The Labute approximate surface area is 117 Å². The van der Waals surface area contributed by atoms with Crippen LogP contribution in [0.2, 0.25) is 0 Å². The normalized spacial score (nSPS) is 22.6. The van der Waals surface area contributed by atoms with Crippen LogP contribution in [0.15, 0.2) is 12.4 Å². The number of nitrogens with two attached hydrogens (primary N) is 1. The van der Waals surface area contributed by atoms with E-state index in [0.29, 0.717) is 18.6 Å². The van der Waals surface area contributed by atoms with E-state index in [9.17, 15) is 0 Å². The predicted octanol–water partition coefficient (Wildman–Crippen LogP) is 2.44. The second-order valence-electron chi connectivity index (χ2n) is 6.39. The van der Waals surface area contributed by atoms with Crippen LogP contribution in [0.5, 0.6) is 0 Å². The zero-order valence-electron chi connectivity index (χ0n) is 12.7. The van der Waals surface area contributed by atoms with Crippen molar-refractivity contribution in [3.8, 4) is 0 Å². The molecule has 1 fully saturated rings. The molecule has 1 aliphatic rings. The summed E-state index contributed by atoms with van der Waals surface area (Å²) in [6.45, 7) is 12.0. The first-order valence-corrected chi connectivity index (χ1v) is 7.51. The highest BCUT2D eigenvalue weighted by Crippen LogP contribution is 2.30. The van der Waals surface area contributed by atoms with Gasteiger partial charge in [0.15, 0.2) is 0 Å². The maximum atomic E-state index is 6.01. The van der Waals surface area contributed by atoms with Gasteiger partial charge >= 0.3 is 0 Å². The number of likely N-dealkylation sites (tertiary alicyclic amines) is 1. The fraction of sp³-hybridized carbons (Fsp3) is 0.800. The van der Waals surface area contributed by atoms with E-state index >= 15 is 0 Å². The third-order valence-corrected chi connectivity index (χ3v) is 4.40. The summed E-state index contributed by atoms with van der Waals surface area (Å²) in [5, 5.41) is 4.44. The second kappa shape index (κ2) is 6.06. The fourth-order valence-corrected chi connectivity index (χ4v) is 2.95. The topological polar surface area (TPSA) is 47.1 Å². The Bertz CT molecular complexity index is 397. The van der Waals surface area contributed by atoms with Crippen molar-refractivity contribution >= 4 is 0 Å². The van der Waals surface area contributed by atoms with E-state index < -0.39 is 0 Å². The van der Waals surface area contributed by atoms with Crippen LogP contribution in [0, 0.1) is 11.8 Å². The molecule has 0 aliphatic carbocycles. The lowest BCUT2D eigenvalue weighted by Gasteiger charge is -2.26. The van der Waals surface area contributed by atoms with Crippen molar-refractivity contribution in [1.29, 1.82) is 0 Å². The number of hydrogen-bond acceptors (Lipinski definition) is 3. The molecule has 1 aromatic heterocycles. The van der Waals surface area contributed by atoms with Crippen molar-refractivity contribution < 1.29 is 0 Å². The SMILES string of the molecule is CC(C)C1CCN(C(CN)c2cnn(C(C)C)c2)C1. The van der Waals surface area contributed by atoms with Crippen molar-refractivity contribution in [2.24, 2.45) is 17.6 Å². The Hall–Kier alpha value is -0.870. The Morgan fingerprint density at radius 1 is 1.37 bits per heavy atom. The van der Waals surface area contributed by atoms with Gasteiger partial charge in [0, 0.05) is 30.9 Å². The van der Waals surface area contributed by atoms with Gasteiger partial charge in [-0.2, -0.15) is 5.10 Å². The van der Waals surface area contributed by atoms with E-state index in [2.05, 4.69) is 43.9 Å². The van der Waals surface area contributed by atoms with Gasteiger partial charge in [0.05, 0.1) is 12.2 Å². The highest BCUT2D eigenvalue weighted by molar-refractivity contribution is 5.12. The van der Waals surface area contributed by atoms with Crippen molar-refractivity contribution in [2.45, 2.75) is 46.2 Å². The molecular formula is C15H28N4. The summed E-state index contributed by atoms with van der Waals surface area (Å²) in [6.07, 6.45) is 5.44. The molecule has 4 heteroatoms. The molecule has 0 spiro atoms. The Balaban J connectivity index is 2.07. The lowest BCUT2D eigenvalue weighted by Crippen LogP contribution is -2.32. The number of nitrogens with zero attached hydrogens (tertiary/aromatic N) is 3. The molecule has 4 nitrogen and oxygen atoms in total. The molecule has 1 aromatic rings. The summed E-state index contributed by atoms with van der Waals surface area (Å²) < 4.78 is 2.02. The third-order valence-electron chi connectivity index (χ3n) is 4.40. The van der Waals surface area contributed by atoms with Crippen molar-refractivity contribution in [3.05, 3.63) is 18.0 Å². The molecule has 2 N–H and O–H groups in total. The number of aromatic nitrogens is 2. The minimum Gasteiger partial charge on any atom is -0.329 e. The first kappa shape index (κ1) is 14.5. The van der Waals surface area contributed by atoms with Gasteiger partial charge < -0.3 is 5.73 Å². The van der Waals surface area contributed by atoms with Crippen LogP contribution in [0.4, 0.5) is 0 Å². The van der Waals surface area contributed by atoms with Gasteiger partial charge in [-0.1, -0.05) is 13.8 Å². The lowest BCUT2D eigenvalue weighted by atomic mass is 9.95. The van der Waals surface area contributed by atoms with Crippen LogP contribution in [0.3, 0.4) is 0 Å². The summed E-state index contributed by atoms with van der Waals surface area (Å²) in [7, 11) is 0. The Morgan fingerprint density at radius 2 is 2.11 bits per heavy atom. The van der Waals surface area contributed by atoms with Gasteiger partial charge in [0.2, 0.25) is 0 Å². The van der Waals surface area contributed by atoms with E-state index in [1.807, 2.05) is 10.9 Å². The highest BCUT2D eigenvalue weighted by atomic mass is 15.3. The molecule has 1 aliphatic heterocycles. The lowest BCUT2D eigenvalue weighted by molar-refractivity contribution is 0.232. The monoisotopic (exact) mass is 264 g/mol. The summed E-state index contributed by atoms with van der Waals surface area (Å²) in [6, 6.07) is 0.741. The van der Waals surface area contributed by atoms with Crippen molar-refractivity contribution in [2.75, 3.05) is 19.6 Å². The van der Waals surface area contributed by atoms with Gasteiger partial charge in [0.25, 0.3) is 0 Å². The number of hydrogen-bond donors (Lipinski definition) is 1. The molecule has 2 heterocycles. The molecule has 2 rings (SSSR count). The van der Waals surface area contributed by atoms with Crippen LogP contribution < -0.4 is 5.73 Å². The largest absolute Gasteiger partial charge is 0.329 e. The minimum atomic E-state index is 0.330. The van der Waals surface area contributed by atoms with Crippen LogP contribution in [0.25, 0.3) is 0 Å². The zero-order chi connectivity index (χ0) is 14.0. The van der Waals surface area contributed by atoms with Crippen LogP contribution in [0.1, 0.15) is 51.8 Å². The van der Waals surface area contributed by atoms with Crippen molar-refractivity contribution in [1.82, 2.24) is 14.7 Å². The van der Waals surface area contributed by atoms with Gasteiger partial charge in [0.1, 0.15) is 0 Å². The average molecular weight is 264 g/mol. The summed E-state index contributed by atoms with van der Waals surface area (Å²) in [5.41, 5.74) is 7.28. The summed E-state index contributed by atoms with van der Waals surface area (Å²) >= 11 is 0. The Morgan fingerprint density at radius 3 is 2.58 bits per heavy atom. The molecule has 19 heavy (non-hydrogen) atoms. The predicted molar refractivity (Wildman–Crippen MR) is 78.9 cm³/mol. The zero-order valence-corrected chi connectivity index (χ0v) is 12.7. The second-order valence-corrected chi connectivity index (χ2v) is 6.39. The van der Waals surface area contributed by atoms with Crippen LogP contribution in [-0.2, 0) is 0 Å². The van der Waals surface area contributed by atoms with Gasteiger partial charge in [-0.3, -0.25) is 9.58 Å². The smallest absolute Gasteiger partial charge is 0.0538 e. The first-order valence-electron chi connectivity index (χ1n) is 7.51. The van der Waals surface area contributed by atoms with E-state index in [4.69, 9.17) is 5.73 Å². The third kappa shape index (κ3) is 3.18. The maximum Gasteiger partial charge on any atom is 0.0538 e. The van der Waals surface area contributed by atoms with E-state index in [-0.39, 0.29) is 0 Å². The summed E-state index contributed by atoms with van der Waals surface area (Å²) in [4.78, 5) is 2.53. The molecular weight excluding hydrogens is 236 g/mol. The molecule has 0 radical (unpaired) electrons. The molecule has 0 amide bonds.